The monoisotopic (exact) mass is 263 g/mol. The van der Waals surface area contributed by atoms with Crippen LogP contribution in [0, 0.1) is 22.7 Å². The lowest BCUT2D eigenvalue weighted by atomic mass is 9.81. The molecule has 3 rings (SSSR count). The van der Waals surface area contributed by atoms with E-state index in [9.17, 15) is 10.5 Å². The van der Waals surface area contributed by atoms with Crippen LogP contribution >= 0.6 is 0 Å². The molecule has 0 bridgehead atoms. The second-order valence-electron chi connectivity index (χ2n) is 4.90. The van der Waals surface area contributed by atoms with Gasteiger partial charge in [-0.1, -0.05) is 0 Å². The molecule has 1 aliphatic rings. The van der Waals surface area contributed by atoms with Gasteiger partial charge in [-0.25, -0.2) is 0 Å². The van der Waals surface area contributed by atoms with E-state index in [1.807, 2.05) is 6.07 Å². The summed E-state index contributed by atoms with van der Waals surface area (Å²) < 4.78 is 5.47. The highest BCUT2D eigenvalue weighted by atomic mass is 16.3. The van der Waals surface area contributed by atoms with Gasteiger partial charge in [-0.2, -0.15) is 10.5 Å². The van der Waals surface area contributed by atoms with Crippen molar-refractivity contribution in [1.82, 2.24) is 0 Å². The van der Waals surface area contributed by atoms with E-state index in [4.69, 9.17) is 10.2 Å². The Kier molecular flexibility index (Phi) is 2.93. The van der Waals surface area contributed by atoms with E-state index in [2.05, 4.69) is 12.1 Å². The van der Waals surface area contributed by atoms with Gasteiger partial charge in [0.15, 0.2) is 0 Å². The van der Waals surface area contributed by atoms with Gasteiger partial charge in [-0.3, -0.25) is 0 Å². The van der Waals surface area contributed by atoms with E-state index in [0.29, 0.717) is 16.9 Å². The number of nitrogens with two attached hydrogens (primary N) is 1. The van der Waals surface area contributed by atoms with Crippen molar-refractivity contribution in [2.45, 2.75) is 25.7 Å². The number of nitrogen functional groups attached to an aromatic ring is 1. The number of hydrogen-bond donors (Lipinski definition) is 1. The number of rotatable bonds is 1. The Morgan fingerprint density at radius 3 is 2.35 bits per heavy atom. The number of hydrogen-bond acceptors (Lipinski definition) is 4. The summed E-state index contributed by atoms with van der Waals surface area (Å²) >= 11 is 0. The zero-order valence-corrected chi connectivity index (χ0v) is 10.9. The zero-order chi connectivity index (χ0) is 14.1. The van der Waals surface area contributed by atoms with Crippen LogP contribution in [0.3, 0.4) is 0 Å². The van der Waals surface area contributed by atoms with E-state index < -0.39 is 0 Å². The van der Waals surface area contributed by atoms with Crippen LogP contribution in [-0.2, 0) is 12.8 Å². The SMILES string of the molecule is N#Cc1c(N)c(C#N)c(-c2ccco2)c2c1CCCC2. The van der Waals surface area contributed by atoms with Crippen LogP contribution in [0.25, 0.3) is 11.3 Å². The lowest BCUT2D eigenvalue weighted by Crippen LogP contribution is -2.12. The molecule has 4 heteroatoms. The van der Waals surface area contributed by atoms with Crippen molar-refractivity contribution >= 4 is 5.69 Å². The molecule has 0 aliphatic heterocycles. The number of benzene rings is 1. The lowest BCUT2D eigenvalue weighted by Gasteiger charge is -2.22. The van der Waals surface area contributed by atoms with Gasteiger partial charge >= 0.3 is 0 Å². The summed E-state index contributed by atoms with van der Waals surface area (Å²) in [6, 6.07) is 7.93. The summed E-state index contributed by atoms with van der Waals surface area (Å²) in [6.45, 7) is 0. The van der Waals surface area contributed by atoms with Gasteiger partial charge in [0.1, 0.15) is 17.9 Å². The Morgan fingerprint density at radius 1 is 1.05 bits per heavy atom. The molecule has 20 heavy (non-hydrogen) atoms. The van der Waals surface area contributed by atoms with Gasteiger partial charge in [-0.15, -0.1) is 0 Å². The van der Waals surface area contributed by atoms with Crippen LogP contribution in [0.4, 0.5) is 5.69 Å². The molecule has 1 aromatic carbocycles. The molecule has 1 heterocycles. The van der Waals surface area contributed by atoms with Crippen molar-refractivity contribution in [3.63, 3.8) is 0 Å². The Bertz CT molecular complexity index is 746. The molecule has 98 valence electrons. The number of furan rings is 1. The minimum atomic E-state index is 0.280. The van der Waals surface area contributed by atoms with Gasteiger partial charge < -0.3 is 10.2 Å². The van der Waals surface area contributed by atoms with Crippen molar-refractivity contribution in [2.75, 3.05) is 5.73 Å². The Labute approximate surface area is 117 Å². The standard InChI is InChI=1S/C16H13N3O/c17-8-12-10-4-1-2-5-11(10)15(13(9-18)16(12)19)14-6-3-7-20-14/h3,6-7H,1-2,4-5,19H2. The molecule has 0 fully saturated rings. The first-order chi connectivity index (χ1) is 9.77. The highest BCUT2D eigenvalue weighted by Crippen LogP contribution is 2.40. The summed E-state index contributed by atoms with van der Waals surface area (Å²) in [4.78, 5) is 0. The first-order valence-electron chi connectivity index (χ1n) is 6.59. The van der Waals surface area contributed by atoms with Crippen molar-refractivity contribution in [2.24, 2.45) is 0 Å². The smallest absolute Gasteiger partial charge is 0.135 e. The van der Waals surface area contributed by atoms with E-state index in [1.54, 1.807) is 12.3 Å². The Morgan fingerprint density at radius 2 is 1.75 bits per heavy atom. The molecule has 0 amide bonds. The molecule has 0 saturated heterocycles. The van der Waals surface area contributed by atoms with E-state index in [1.165, 1.54) is 0 Å². The Balaban J connectivity index is 2.42. The topological polar surface area (TPSA) is 86.7 Å². The maximum atomic E-state index is 9.44. The third-order valence-corrected chi connectivity index (χ3v) is 3.85. The second kappa shape index (κ2) is 4.75. The fourth-order valence-electron chi connectivity index (χ4n) is 2.97. The molecule has 0 spiro atoms. The first-order valence-corrected chi connectivity index (χ1v) is 6.59. The molecule has 0 radical (unpaired) electrons. The highest BCUT2D eigenvalue weighted by Gasteiger charge is 2.26. The fraction of sp³-hybridized carbons (Fsp3) is 0.250. The largest absolute Gasteiger partial charge is 0.464 e. The predicted octanol–water partition coefficient (Wildman–Crippen LogP) is 3.15. The molecule has 0 saturated carbocycles. The first kappa shape index (κ1) is 12.3. The molecule has 1 aromatic heterocycles. The third-order valence-electron chi connectivity index (χ3n) is 3.85. The molecule has 4 nitrogen and oxygen atoms in total. The Hall–Kier alpha value is -2.72. The van der Waals surface area contributed by atoms with Crippen molar-refractivity contribution in [3.8, 4) is 23.5 Å². The molecule has 2 aromatic rings. The third kappa shape index (κ3) is 1.66. The molecule has 2 N–H and O–H groups in total. The lowest BCUT2D eigenvalue weighted by molar-refractivity contribution is 0.579. The average molecular weight is 263 g/mol. The summed E-state index contributed by atoms with van der Waals surface area (Å²) in [5.74, 6) is 0.649. The van der Waals surface area contributed by atoms with Gasteiger partial charge in [0.25, 0.3) is 0 Å². The van der Waals surface area contributed by atoms with Crippen LogP contribution in [-0.4, -0.2) is 0 Å². The van der Waals surface area contributed by atoms with Crippen molar-refractivity contribution in [1.29, 1.82) is 10.5 Å². The van der Waals surface area contributed by atoms with Gasteiger partial charge in [0, 0.05) is 5.56 Å². The fourth-order valence-corrected chi connectivity index (χ4v) is 2.97. The van der Waals surface area contributed by atoms with Crippen LogP contribution < -0.4 is 5.73 Å². The molecule has 0 atom stereocenters. The van der Waals surface area contributed by atoms with Gasteiger partial charge in [0.05, 0.1) is 23.1 Å². The van der Waals surface area contributed by atoms with E-state index >= 15 is 0 Å². The van der Waals surface area contributed by atoms with Crippen LogP contribution in [0.1, 0.15) is 35.1 Å². The average Bonchev–Trinajstić information content (AvgIpc) is 3.00. The molecular weight excluding hydrogens is 250 g/mol. The zero-order valence-electron chi connectivity index (χ0n) is 10.9. The number of nitriles is 2. The number of fused-ring (bicyclic) bond motifs is 1. The second-order valence-corrected chi connectivity index (χ2v) is 4.90. The number of anilines is 1. The summed E-state index contributed by atoms with van der Waals surface area (Å²) in [6.07, 6.45) is 5.38. The van der Waals surface area contributed by atoms with E-state index in [-0.39, 0.29) is 5.69 Å². The van der Waals surface area contributed by atoms with E-state index in [0.717, 1.165) is 42.4 Å². The normalized spacial score (nSPS) is 13.3. The summed E-state index contributed by atoms with van der Waals surface area (Å²) in [5, 5.41) is 18.8. The van der Waals surface area contributed by atoms with Crippen molar-refractivity contribution < 1.29 is 4.42 Å². The molecule has 1 aliphatic carbocycles. The maximum absolute atomic E-state index is 9.44. The molecular formula is C16H13N3O. The summed E-state index contributed by atoms with van der Waals surface area (Å²) in [7, 11) is 0. The maximum Gasteiger partial charge on any atom is 0.135 e. The van der Waals surface area contributed by atoms with Crippen LogP contribution in [0.15, 0.2) is 22.8 Å². The molecule has 0 unspecified atom stereocenters. The highest BCUT2D eigenvalue weighted by molar-refractivity contribution is 5.83. The minimum absolute atomic E-state index is 0.280. The number of nitrogens with zero attached hydrogens (tertiary/aromatic N) is 2. The van der Waals surface area contributed by atoms with Crippen molar-refractivity contribution in [3.05, 3.63) is 40.6 Å². The van der Waals surface area contributed by atoms with Crippen LogP contribution in [0.5, 0.6) is 0 Å². The summed E-state index contributed by atoms with van der Waals surface area (Å²) in [5.41, 5.74) is 9.96. The quantitative estimate of drug-likeness (QED) is 0.800. The van der Waals surface area contributed by atoms with Gasteiger partial charge in [0.2, 0.25) is 0 Å². The minimum Gasteiger partial charge on any atom is -0.464 e. The van der Waals surface area contributed by atoms with Gasteiger partial charge in [-0.05, 0) is 48.9 Å². The predicted molar refractivity (Wildman–Crippen MR) is 74.6 cm³/mol. The van der Waals surface area contributed by atoms with Crippen LogP contribution in [0.2, 0.25) is 0 Å².